The number of hydrogen-bond donors (Lipinski definition) is 1. The van der Waals surface area contributed by atoms with Gasteiger partial charge in [0.25, 0.3) is 0 Å². The number of urea groups is 1. The molecule has 0 aliphatic rings. The first-order valence-corrected chi connectivity index (χ1v) is 8.16. The molecule has 0 atom stereocenters. The maximum Gasteiger partial charge on any atom is 0.400 e. The molecule has 3 rings (SSSR count). The van der Waals surface area contributed by atoms with Crippen LogP contribution in [0.2, 0.25) is 0 Å². The molecular weight excluding hydrogens is 380 g/mol. The van der Waals surface area contributed by atoms with E-state index >= 15 is 0 Å². The number of amides is 2. The van der Waals surface area contributed by atoms with Crippen LogP contribution in [0, 0.1) is 0 Å². The minimum absolute atomic E-state index is 0.00714. The van der Waals surface area contributed by atoms with Gasteiger partial charge >= 0.3 is 17.3 Å². The van der Waals surface area contributed by atoms with Gasteiger partial charge in [0.15, 0.2) is 0 Å². The summed E-state index contributed by atoms with van der Waals surface area (Å²) in [6, 6.07) is 9.95. The Labute approximate surface area is 158 Å². The molecule has 0 aliphatic heterocycles. The topological polar surface area (TPSA) is 84.2 Å². The number of carbonyl (C=O) groups excluding carboxylic acids is 1. The summed E-state index contributed by atoms with van der Waals surface area (Å²) in [5.74, 6) is -0.974. The van der Waals surface area contributed by atoms with Gasteiger partial charge in [-0.1, -0.05) is 29.4 Å². The van der Waals surface area contributed by atoms with Crippen molar-refractivity contribution in [3.63, 3.8) is 0 Å². The SMILES string of the molecule is CNC(=O)N(Cc1ccc(-c2noc(C(F)(F)Cl)n2)cc1)c1cccnc1. The number of alkyl halides is 3. The standard InChI is InChI=1S/C17H14ClF2N5O2/c1-21-16(26)25(13-3-2-8-22-9-13)10-11-4-6-12(7-5-11)14-23-15(27-24-14)17(18,19)20/h2-9H,10H2,1H3,(H,21,26). The quantitative estimate of drug-likeness (QED) is 0.667. The number of nitrogens with one attached hydrogen (secondary N) is 1. The molecule has 0 spiro atoms. The minimum atomic E-state index is -3.72. The molecule has 0 saturated heterocycles. The Hall–Kier alpha value is -3.07. The average molecular weight is 394 g/mol. The molecule has 0 unspecified atom stereocenters. The van der Waals surface area contributed by atoms with E-state index in [2.05, 4.69) is 25.0 Å². The maximum absolute atomic E-state index is 13.0. The number of rotatable bonds is 5. The molecule has 27 heavy (non-hydrogen) atoms. The van der Waals surface area contributed by atoms with Crippen molar-refractivity contribution in [3.05, 3.63) is 60.2 Å². The molecule has 0 fully saturated rings. The van der Waals surface area contributed by atoms with Crippen LogP contribution in [0.15, 0.2) is 53.3 Å². The summed E-state index contributed by atoms with van der Waals surface area (Å²) < 4.78 is 30.4. The fourth-order valence-electron chi connectivity index (χ4n) is 2.33. The van der Waals surface area contributed by atoms with Crippen LogP contribution < -0.4 is 10.2 Å². The highest BCUT2D eigenvalue weighted by molar-refractivity contribution is 6.21. The highest BCUT2D eigenvalue weighted by Crippen LogP contribution is 2.32. The Morgan fingerprint density at radius 3 is 2.59 bits per heavy atom. The van der Waals surface area contributed by atoms with Gasteiger partial charge in [0, 0.05) is 18.8 Å². The molecule has 1 N–H and O–H groups in total. The van der Waals surface area contributed by atoms with Crippen molar-refractivity contribution >= 4 is 23.3 Å². The molecule has 1 aromatic carbocycles. The molecule has 0 radical (unpaired) electrons. The number of benzene rings is 1. The van der Waals surface area contributed by atoms with E-state index < -0.39 is 11.3 Å². The van der Waals surface area contributed by atoms with Crippen LogP contribution in [0.1, 0.15) is 11.5 Å². The van der Waals surface area contributed by atoms with Gasteiger partial charge in [0.2, 0.25) is 5.82 Å². The van der Waals surface area contributed by atoms with Crippen molar-refractivity contribution < 1.29 is 18.1 Å². The summed E-state index contributed by atoms with van der Waals surface area (Å²) in [6.45, 7) is 0.281. The van der Waals surface area contributed by atoms with Gasteiger partial charge in [-0.2, -0.15) is 13.8 Å². The zero-order valence-electron chi connectivity index (χ0n) is 14.1. The first kappa shape index (κ1) is 18.7. The van der Waals surface area contributed by atoms with Gasteiger partial charge in [0.1, 0.15) is 0 Å². The Morgan fingerprint density at radius 1 is 1.30 bits per heavy atom. The van der Waals surface area contributed by atoms with E-state index in [9.17, 15) is 13.6 Å². The number of pyridine rings is 1. The molecule has 7 nitrogen and oxygen atoms in total. The van der Waals surface area contributed by atoms with E-state index in [-0.39, 0.29) is 18.4 Å². The third kappa shape index (κ3) is 4.37. The summed E-state index contributed by atoms with van der Waals surface area (Å²) >= 11 is 4.87. The van der Waals surface area contributed by atoms with E-state index in [0.717, 1.165) is 5.56 Å². The zero-order chi connectivity index (χ0) is 19.4. The van der Waals surface area contributed by atoms with Gasteiger partial charge in [-0.3, -0.25) is 9.88 Å². The molecule has 0 aliphatic carbocycles. The van der Waals surface area contributed by atoms with E-state index in [4.69, 9.17) is 11.6 Å². The Kier molecular flexibility index (Phi) is 5.31. The number of nitrogens with zero attached hydrogens (tertiary/aromatic N) is 4. The highest BCUT2D eigenvalue weighted by atomic mass is 35.5. The van der Waals surface area contributed by atoms with Crippen LogP contribution in [0.25, 0.3) is 11.4 Å². The largest absolute Gasteiger partial charge is 0.400 e. The highest BCUT2D eigenvalue weighted by Gasteiger charge is 2.35. The van der Waals surface area contributed by atoms with Gasteiger partial charge in [0.05, 0.1) is 18.4 Å². The van der Waals surface area contributed by atoms with Crippen molar-refractivity contribution in [2.75, 3.05) is 11.9 Å². The fourth-order valence-corrected chi connectivity index (χ4v) is 2.40. The minimum Gasteiger partial charge on any atom is -0.341 e. The zero-order valence-corrected chi connectivity index (χ0v) is 14.8. The fraction of sp³-hybridized carbons (Fsp3) is 0.176. The van der Waals surface area contributed by atoms with E-state index in [1.54, 1.807) is 48.8 Å². The maximum atomic E-state index is 13.0. The van der Waals surface area contributed by atoms with Crippen LogP contribution in [0.5, 0.6) is 0 Å². The number of hydrogen-bond acceptors (Lipinski definition) is 5. The molecule has 140 valence electrons. The Balaban J connectivity index is 1.80. The van der Waals surface area contributed by atoms with Crippen molar-refractivity contribution in [2.45, 2.75) is 11.9 Å². The van der Waals surface area contributed by atoms with Crippen LogP contribution in [0.4, 0.5) is 19.3 Å². The van der Waals surface area contributed by atoms with Gasteiger partial charge < -0.3 is 9.84 Å². The van der Waals surface area contributed by atoms with Gasteiger partial charge in [-0.05, 0) is 29.3 Å². The van der Waals surface area contributed by atoms with Crippen molar-refractivity contribution in [1.82, 2.24) is 20.4 Å². The summed E-state index contributed by atoms with van der Waals surface area (Å²) in [7, 11) is 1.54. The lowest BCUT2D eigenvalue weighted by molar-refractivity contribution is 0.0551. The number of halogens is 3. The summed E-state index contributed by atoms with van der Waals surface area (Å²) in [4.78, 5) is 21.3. The molecule has 2 aromatic heterocycles. The van der Waals surface area contributed by atoms with E-state index in [1.807, 2.05) is 0 Å². The number of anilines is 1. The average Bonchev–Trinajstić information content (AvgIpc) is 3.17. The molecule has 3 aromatic rings. The monoisotopic (exact) mass is 393 g/mol. The first-order chi connectivity index (χ1) is 12.9. The van der Waals surface area contributed by atoms with Crippen molar-refractivity contribution in [3.8, 4) is 11.4 Å². The molecule has 2 amide bonds. The second kappa shape index (κ2) is 7.67. The van der Waals surface area contributed by atoms with Crippen molar-refractivity contribution in [2.24, 2.45) is 0 Å². The molecular formula is C17H14ClF2N5O2. The van der Waals surface area contributed by atoms with Crippen LogP contribution in [0.3, 0.4) is 0 Å². The number of carbonyl (C=O) groups is 1. The van der Waals surface area contributed by atoms with Crippen molar-refractivity contribution in [1.29, 1.82) is 0 Å². The normalized spacial score (nSPS) is 11.3. The lowest BCUT2D eigenvalue weighted by atomic mass is 10.1. The predicted molar refractivity (Wildman–Crippen MR) is 94.4 cm³/mol. The van der Waals surface area contributed by atoms with E-state index in [0.29, 0.717) is 11.3 Å². The third-order valence-corrected chi connectivity index (χ3v) is 3.80. The molecule has 2 heterocycles. The van der Waals surface area contributed by atoms with Crippen LogP contribution in [-0.4, -0.2) is 28.2 Å². The number of aromatic nitrogens is 3. The third-order valence-electron chi connectivity index (χ3n) is 3.64. The molecule has 10 heteroatoms. The van der Waals surface area contributed by atoms with E-state index in [1.165, 1.54) is 11.9 Å². The summed E-state index contributed by atoms with van der Waals surface area (Å²) in [6.07, 6.45) is 3.20. The van der Waals surface area contributed by atoms with Gasteiger partial charge in [-0.15, -0.1) is 0 Å². The molecule has 0 bridgehead atoms. The Bertz CT molecular complexity index is 913. The molecule has 0 saturated carbocycles. The Morgan fingerprint density at radius 2 is 2.04 bits per heavy atom. The summed E-state index contributed by atoms with van der Waals surface area (Å²) in [5.41, 5.74) is 1.91. The second-order valence-corrected chi connectivity index (χ2v) is 5.95. The lowest BCUT2D eigenvalue weighted by Gasteiger charge is -2.22. The predicted octanol–water partition coefficient (Wildman–Crippen LogP) is 3.77. The van der Waals surface area contributed by atoms with Gasteiger partial charge in [-0.25, -0.2) is 4.79 Å². The smallest absolute Gasteiger partial charge is 0.341 e. The van der Waals surface area contributed by atoms with Crippen LogP contribution in [-0.2, 0) is 11.9 Å². The summed E-state index contributed by atoms with van der Waals surface area (Å²) in [5, 5.41) is 2.36. The second-order valence-electron chi connectivity index (χ2n) is 5.47. The first-order valence-electron chi connectivity index (χ1n) is 7.78. The lowest BCUT2D eigenvalue weighted by Crippen LogP contribution is -2.37. The van der Waals surface area contributed by atoms with Crippen LogP contribution >= 0.6 is 11.6 Å².